The molecular weight excluding hydrogens is 434 g/mol. The summed E-state index contributed by atoms with van der Waals surface area (Å²) in [7, 11) is 0. The fraction of sp³-hybridized carbons (Fsp3) is 0.474. The third-order valence-electron chi connectivity index (χ3n) is 4.66. The van der Waals surface area contributed by atoms with Gasteiger partial charge in [0.05, 0.1) is 23.4 Å². The minimum Gasteiger partial charge on any atom is -0.494 e. The summed E-state index contributed by atoms with van der Waals surface area (Å²) in [5, 5.41) is 0.682. The molecule has 2 aliphatic rings. The first-order valence-electron chi connectivity index (χ1n) is 9.26. The van der Waals surface area contributed by atoms with Crippen molar-refractivity contribution < 1.29 is 19.0 Å². The van der Waals surface area contributed by atoms with E-state index in [4.69, 9.17) is 19.2 Å². The van der Waals surface area contributed by atoms with Crippen LogP contribution in [0.5, 0.6) is 0 Å². The van der Waals surface area contributed by atoms with Crippen LogP contribution in [-0.2, 0) is 19.0 Å². The van der Waals surface area contributed by atoms with E-state index in [0.717, 1.165) is 43.1 Å². The van der Waals surface area contributed by atoms with Gasteiger partial charge in [-0.1, -0.05) is 11.3 Å². The number of benzene rings is 1. The lowest BCUT2D eigenvalue weighted by atomic mass is 10.3. The van der Waals surface area contributed by atoms with Crippen molar-refractivity contribution in [3.8, 4) is 0 Å². The fourth-order valence-corrected chi connectivity index (χ4v) is 4.64. The molecule has 0 spiro atoms. The summed E-state index contributed by atoms with van der Waals surface area (Å²) >= 11 is 3.22. The summed E-state index contributed by atoms with van der Waals surface area (Å²) in [6.45, 7) is 5.35. The number of nitrogens with zero attached hydrogens (tertiary/aromatic N) is 3. The minimum absolute atomic E-state index is 0. The molecule has 1 aromatic carbocycles. The molecular formula is C19H24ClN3O4S2. The first-order valence-corrected chi connectivity index (χ1v) is 11.3. The van der Waals surface area contributed by atoms with E-state index in [0.29, 0.717) is 24.9 Å². The second-order valence-electron chi connectivity index (χ2n) is 6.44. The van der Waals surface area contributed by atoms with Gasteiger partial charge in [-0.3, -0.25) is 14.6 Å². The Morgan fingerprint density at radius 3 is 2.83 bits per heavy atom. The number of thioether (sulfide) groups is 1. The quantitative estimate of drug-likeness (QED) is 0.618. The van der Waals surface area contributed by atoms with E-state index in [-0.39, 0.29) is 24.1 Å². The summed E-state index contributed by atoms with van der Waals surface area (Å²) in [5.41, 5.74) is 0.900. The highest BCUT2D eigenvalue weighted by Crippen LogP contribution is 2.32. The second-order valence-corrected chi connectivity index (χ2v) is 8.33. The van der Waals surface area contributed by atoms with Crippen LogP contribution in [0.25, 0.3) is 10.2 Å². The zero-order valence-corrected chi connectivity index (χ0v) is 18.6. The number of amides is 1. The van der Waals surface area contributed by atoms with E-state index < -0.39 is 0 Å². The molecule has 0 radical (unpaired) electrons. The maximum Gasteiger partial charge on any atom is 0.298 e. The van der Waals surface area contributed by atoms with Crippen molar-refractivity contribution in [2.75, 3.05) is 63.8 Å². The Labute approximate surface area is 184 Å². The van der Waals surface area contributed by atoms with Crippen LogP contribution < -0.4 is 4.90 Å². The first kappa shape index (κ1) is 22.2. The number of rotatable bonds is 6. The van der Waals surface area contributed by atoms with Gasteiger partial charge in [0.25, 0.3) is 5.91 Å². The van der Waals surface area contributed by atoms with Crippen molar-refractivity contribution in [3.05, 3.63) is 30.2 Å². The van der Waals surface area contributed by atoms with Crippen LogP contribution in [0.15, 0.2) is 35.1 Å². The number of thiazole rings is 1. The molecule has 1 amide bonds. The maximum atomic E-state index is 13.1. The molecule has 158 valence electrons. The third-order valence-corrected chi connectivity index (χ3v) is 6.43. The normalized spacial score (nSPS) is 17.1. The van der Waals surface area contributed by atoms with Crippen molar-refractivity contribution in [1.29, 1.82) is 0 Å². The van der Waals surface area contributed by atoms with Gasteiger partial charge in [0.15, 0.2) is 5.13 Å². The minimum atomic E-state index is -0.211. The summed E-state index contributed by atoms with van der Waals surface area (Å²) in [5.74, 6) is 0.0226. The van der Waals surface area contributed by atoms with Crippen LogP contribution in [0.4, 0.5) is 5.13 Å². The van der Waals surface area contributed by atoms with E-state index in [1.165, 1.54) is 22.5 Å². The molecule has 7 nitrogen and oxygen atoms in total. The fourth-order valence-electron chi connectivity index (χ4n) is 3.10. The van der Waals surface area contributed by atoms with Crippen LogP contribution >= 0.6 is 35.5 Å². The zero-order valence-electron chi connectivity index (χ0n) is 16.2. The number of ether oxygens (including phenoxy) is 3. The molecule has 1 fully saturated rings. The SMILES string of the molecule is CSc1ccc2nc(N(CCN3CCOCC3)C(=O)C3=COCCO3)sc2c1.Cl. The Kier molecular flexibility index (Phi) is 8.02. The number of hydrogen-bond acceptors (Lipinski definition) is 8. The summed E-state index contributed by atoms with van der Waals surface area (Å²) in [6, 6.07) is 6.17. The highest BCUT2D eigenvalue weighted by atomic mass is 35.5. The second kappa shape index (κ2) is 10.5. The zero-order chi connectivity index (χ0) is 19.3. The van der Waals surface area contributed by atoms with Crippen molar-refractivity contribution in [2.45, 2.75) is 4.90 Å². The third kappa shape index (κ3) is 5.35. The average Bonchev–Trinajstić information content (AvgIpc) is 3.18. The molecule has 0 saturated carbocycles. The maximum absolute atomic E-state index is 13.1. The number of carbonyl (C=O) groups excluding carboxylic acids is 1. The monoisotopic (exact) mass is 457 g/mol. The molecule has 1 saturated heterocycles. The molecule has 0 atom stereocenters. The number of carbonyl (C=O) groups is 1. The van der Waals surface area contributed by atoms with Gasteiger partial charge >= 0.3 is 0 Å². The first-order chi connectivity index (χ1) is 13.7. The predicted octanol–water partition coefficient (Wildman–Crippen LogP) is 2.99. The molecule has 2 aromatic rings. The standard InChI is InChI=1S/C19H23N3O4S2.ClH/c1-27-14-2-3-15-17(12-14)28-19(20-15)22(5-4-21-6-8-24-9-7-21)18(23)16-13-25-10-11-26-16;/h2-3,12-13H,4-11H2,1H3;1H. The number of hydrogen-bond donors (Lipinski definition) is 0. The average molecular weight is 458 g/mol. The van der Waals surface area contributed by atoms with Crippen molar-refractivity contribution in [3.63, 3.8) is 0 Å². The van der Waals surface area contributed by atoms with Crippen LogP contribution in [0.3, 0.4) is 0 Å². The van der Waals surface area contributed by atoms with E-state index in [2.05, 4.69) is 17.0 Å². The Morgan fingerprint density at radius 1 is 1.28 bits per heavy atom. The molecule has 0 N–H and O–H groups in total. The summed E-state index contributed by atoms with van der Waals surface area (Å²) in [6.07, 6.45) is 3.46. The summed E-state index contributed by atoms with van der Waals surface area (Å²) in [4.78, 5) is 23.0. The molecule has 1 aromatic heterocycles. The number of aromatic nitrogens is 1. The van der Waals surface area contributed by atoms with Crippen molar-refractivity contribution in [2.24, 2.45) is 0 Å². The Balaban J connectivity index is 0.00000240. The molecule has 0 unspecified atom stereocenters. The van der Waals surface area contributed by atoms with E-state index in [9.17, 15) is 4.79 Å². The highest BCUT2D eigenvalue weighted by Gasteiger charge is 2.27. The van der Waals surface area contributed by atoms with Gasteiger partial charge in [-0.05, 0) is 24.5 Å². The molecule has 0 bridgehead atoms. The van der Waals surface area contributed by atoms with E-state index >= 15 is 0 Å². The van der Waals surface area contributed by atoms with E-state index in [1.807, 2.05) is 12.3 Å². The topological polar surface area (TPSA) is 64.1 Å². The molecule has 0 aliphatic carbocycles. The van der Waals surface area contributed by atoms with Gasteiger partial charge in [-0.15, -0.1) is 24.2 Å². The van der Waals surface area contributed by atoms with Gasteiger partial charge in [-0.25, -0.2) is 4.98 Å². The predicted molar refractivity (Wildman–Crippen MR) is 118 cm³/mol. The van der Waals surface area contributed by atoms with Gasteiger partial charge in [0, 0.05) is 31.1 Å². The Bertz CT molecular complexity index is 870. The lowest BCUT2D eigenvalue weighted by Crippen LogP contribution is -2.44. The molecule has 10 heteroatoms. The van der Waals surface area contributed by atoms with Crippen LogP contribution in [0, 0.1) is 0 Å². The van der Waals surface area contributed by atoms with E-state index in [1.54, 1.807) is 16.7 Å². The molecule has 4 rings (SSSR count). The molecule has 2 aliphatic heterocycles. The Hall–Kier alpha value is -1.52. The number of fused-ring (bicyclic) bond motifs is 1. The lowest BCUT2D eigenvalue weighted by Gasteiger charge is -2.29. The van der Waals surface area contributed by atoms with Crippen LogP contribution in [0.1, 0.15) is 0 Å². The Morgan fingerprint density at radius 2 is 2.10 bits per heavy atom. The lowest BCUT2D eigenvalue weighted by molar-refractivity contribution is -0.119. The van der Waals surface area contributed by atoms with Crippen LogP contribution in [0.2, 0.25) is 0 Å². The van der Waals surface area contributed by atoms with Gasteiger partial charge < -0.3 is 14.2 Å². The van der Waals surface area contributed by atoms with Gasteiger partial charge in [0.1, 0.15) is 19.5 Å². The molecule has 3 heterocycles. The van der Waals surface area contributed by atoms with Crippen LogP contribution in [-0.4, -0.2) is 74.7 Å². The largest absolute Gasteiger partial charge is 0.494 e. The smallest absolute Gasteiger partial charge is 0.298 e. The van der Waals surface area contributed by atoms with Crippen molar-refractivity contribution >= 4 is 56.8 Å². The van der Waals surface area contributed by atoms with Gasteiger partial charge in [-0.2, -0.15) is 0 Å². The number of anilines is 1. The number of morpholine rings is 1. The number of halogens is 1. The van der Waals surface area contributed by atoms with Crippen molar-refractivity contribution in [1.82, 2.24) is 9.88 Å². The van der Waals surface area contributed by atoms with Gasteiger partial charge in [0.2, 0.25) is 5.76 Å². The highest BCUT2D eigenvalue weighted by molar-refractivity contribution is 7.98. The summed E-state index contributed by atoms with van der Waals surface area (Å²) < 4.78 is 17.3. The molecule has 29 heavy (non-hydrogen) atoms.